The van der Waals surface area contributed by atoms with Gasteiger partial charge in [0.1, 0.15) is 0 Å². The molecule has 0 aliphatic heterocycles. The number of carboxylic acid groups (broad SMARTS) is 1. The van der Waals surface area contributed by atoms with Gasteiger partial charge in [-0.25, -0.2) is 4.79 Å². The molecule has 0 aromatic heterocycles. The molecular formula is C11H10F3NO3. The molecule has 0 heterocycles. The molecule has 1 rings (SSSR count). The van der Waals surface area contributed by atoms with E-state index >= 15 is 0 Å². The number of benzene rings is 1. The summed E-state index contributed by atoms with van der Waals surface area (Å²) in [6.45, 7) is -0.511. The number of nitrogens with one attached hydrogen (secondary N) is 1. The summed E-state index contributed by atoms with van der Waals surface area (Å²) in [5.74, 6) is -1.81. The summed E-state index contributed by atoms with van der Waals surface area (Å²) >= 11 is 0. The van der Waals surface area contributed by atoms with Crippen molar-refractivity contribution in [1.29, 1.82) is 0 Å². The average molecular weight is 261 g/mol. The average Bonchev–Trinajstić information content (AvgIpc) is 2.27. The van der Waals surface area contributed by atoms with Crippen LogP contribution in [0, 0.1) is 0 Å². The third-order valence-corrected chi connectivity index (χ3v) is 2.09. The highest BCUT2D eigenvalue weighted by atomic mass is 19.4. The number of alkyl halides is 3. The number of carbonyl (C=O) groups is 2. The molecule has 0 fully saturated rings. The first kappa shape index (κ1) is 14.0. The second-order valence-electron chi connectivity index (χ2n) is 3.50. The predicted octanol–water partition coefficient (Wildman–Crippen LogP) is 2.07. The van der Waals surface area contributed by atoms with Crippen molar-refractivity contribution in [3.63, 3.8) is 0 Å². The van der Waals surface area contributed by atoms with Gasteiger partial charge in [-0.05, 0) is 24.3 Å². The van der Waals surface area contributed by atoms with Crippen LogP contribution in [0.1, 0.15) is 27.1 Å². The Morgan fingerprint density at radius 3 is 2.06 bits per heavy atom. The van der Waals surface area contributed by atoms with Crippen molar-refractivity contribution in [2.75, 3.05) is 6.54 Å². The van der Waals surface area contributed by atoms with Crippen LogP contribution in [0.5, 0.6) is 0 Å². The maximum absolute atomic E-state index is 11.8. The van der Waals surface area contributed by atoms with Gasteiger partial charge < -0.3 is 10.4 Å². The molecule has 0 radical (unpaired) electrons. The van der Waals surface area contributed by atoms with Crippen molar-refractivity contribution >= 4 is 11.9 Å². The molecule has 0 atom stereocenters. The Morgan fingerprint density at radius 1 is 1.11 bits per heavy atom. The van der Waals surface area contributed by atoms with E-state index in [1.165, 1.54) is 24.3 Å². The van der Waals surface area contributed by atoms with Crippen molar-refractivity contribution in [3.8, 4) is 0 Å². The van der Waals surface area contributed by atoms with Gasteiger partial charge in [-0.1, -0.05) is 0 Å². The van der Waals surface area contributed by atoms with E-state index in [4.69, 9.17) is 5.11 Å². The Morgan fingerprint density at radius 2 is 1.61 bits per heavy atom. The number of hydrogen-bond acceptors (Lipinski definition) is 2. The first-order chi connectivity index (χ1) is 8.29. The second kappa shape index (κ2) is 5.52. The Kier molecular flexibility index (Phi) is 4.30. The third-order valence-electron chi connectivity index (χ3n) is 2.09. The summed E-state index contributed by atoms with van der Waals surface area (Å²) in [6.07, 6.45) is -5.42. The third kappa shape index (κ3) is 4.44. The van der Waals surface area contributed by atoms with Gasteiger partial charge in [-0.2, -0.15) is 13.2 Å². The Balaban J connectivity index is 2.54. The lowest BCUT2D eigenvalue weighted by Crippen LogP contribution is -2.27. The molecular weight excluding hydrogens is 251 g/mol. The highest BCUT2D eigenvalue weighted by Gasteiger charge is 2.26. The summed E-state index contributed by atoms with van der Waals surface area (Å²) in [5.41, 5.74) is 0.115. The Bertz CT molecular complexity index is 440. The normalized spacial score (nSPS) is 11.1. The molecule has 7 heteroatoms. The van der Waals surface area contributed by atoms with Crippen molar-refractivity contribution < 1.29 is 27.9 Å². The molecule has 0 saturated heterocycles. The van der Waals surface area contributed by atoms with Gasteiger partial charge in [0.15, 0.2) is 0 Å². The fourth-order valence-electron chi connectivity index (χ4n) is 1.18. The summed E-state index contributed by atoms with van der Waals surface area (Å²) in [6, 6.07) is 4.90. The van der Waals surface area contributed by atoms with Crippen LogP contribution in [-0.2, 0) is 0 Å². The lowest BCUT2D eigenvalue weighted by Gasteiger charge is -2.07. The quantitative estimate of drug-likeness (QED) is 0.871. The number of amides is 1. The van der Waals surface area contributed by atoms with Gasteiger partial charge in [0.25, 0.3) is 5.91 Å². The van der Waals surface area contributed by atoms with Crippen LogP contribution < -0.4 is 5.32 Å². The van der Waals surface area contributed by atoms with E-state index in [1.54, 1.807) is 0 Å². The smallest absolute Gasteiger partial charge is 0.390 e. The second-order valence-corrected chi connectivity index (χ2v) is 3.50. The van der Waals surface area contributed by atoms with E-state index in [-0.39, 0.29) is 11.1 Å². The number of carbonyl (C=O) groups excluding carboxylic acids is 1. The minimum absolute atomic E-state index is 0.00171. The minimum Gasteiger partial charge on any atom is -0.478 e. The topological polar surface area (TPSA) is 66.4 Å². The largest absolute Gasteiger partial charge is 0.478 e. The van der Waals surface area contributed by atoms with Crippen LogP contribution in [0.3, 0.4) is 0 Å². The fraction of sp³-hybridized carbons (Fsp3) is 0.273. The minimum atomic E-state index is -4.32. The first-order valence-electron chi connectivity index (χ1n) is 4.98. The summed E-state index contributed by atoms with van der Waals surface area (Å²) in [4.78, 5) is 21.9. The van der Waals surface area contributed by atoms with Gasteiger partial charge >= 0.3 is 12.1 Å². The summed E-state index contributed by atoms with van der Waals surface area (Å²) in [5, 5.41) is 10.7. The number of aromatic carboxylic acids is 1. The number of carboxylic acids is 1. The molecule has 0 spiro atoms. The van der Waals surface area contributed by atoms with Gasteiger partial charge in [0.05, 0.1) is 12.0 Å². The zero-order chi connectivity index (χ0) is 13.8. The van der Waals surface area contributed by atoms with Crippen LogP contribution >= 0.6 is 0 Å². The van der Waals surface area contributed by atoms with Crippen molar-refractivity contribution in [1.82, 2.24) is 5.32 Å². The van der Waals surface area contributed by atoms with Gasteiger partial charge in [-0.3, -0.25) is 4.79 Å². The molecule has 18 heavy (non-hydrogen) atoms. The Labute approximate surface area is 100 Å². The molecule has 0 aliphatic rings. The number of halogens is 3. The monoisotopic (exact) mass is 261 g/mol. The maximum Gasteiger partial charge on any atom is 0.390 e. The Hall–Kier alpha value is -2.05. The van der Waals surface area contributed by atoms with E-state index in [1.807, 2.05) is 0 Å². The maximum atomic E-state index is 11.8. The molecule has 98 valence electrons. The summed E-state index contributed by atoms with van der Waals surface area (Å²) in [7, 11) is 0. The van der Waals surface area contributed by atoms with Crippen molar-refractivity contribution in [3.05, 3.63) is 35.4 Å². The van der Waals surface area contributed by atoms with Gasteiger partial charge in [-0.15, -0.1) is 0 Å². The van der Waals surface area contributed by atoms with Gasteiger partial charge in [0.2, 0.25) is 0 Å². The van der Waals surface area contributed by atoms with Gasteiger partial charge in [0, 0.05) is 12.1 Å². The molecule has 0 saturated carbocycles. The van der Waals surface area contributed by atoms with E-state index in [2.05, 4.69) is 5.32 Å². The summed E-state index contributed by atoms with van der Waals surface area (Å²) < 4.78 is 35.5. The molecule has 1 aromatic carbocycles. The van der Waals surface area contributed by atoms with E-state index in [0.717, 1.165) is 0 Å². The number of rotatable bonds is 4. The van der Waals surface area contributed by atoms with Crippen molar-refractivity contribution in [2.24, 2.45) is 0 Å². The number of hydrogen-bond donors (Lipinski definition) is 2. The lowest BCUT2D eigenvalue weighted by atomic mass is 10.1. The SMILES string of the molecule is O=C(O)c1ccc(C(=O)NCCC(F)(F)F)cc1. The molecule has 0 bridgehead atoms. The standard InChI is InChI=1S/C11H10F3NO3/c12-11(13,14)5-6-15-9(16)7-1-3-8(4-2-7)10(17)18/h1-4H,5-6H2,(H,15,16)(H,17,18). The molecule has 1 aromatic rings. The molecule has 2 N–H and O–H groups in total. The zero-order valence-corrected chi connectivity index (χ0v) is 9.12. The van der Waals surface area contributed by atoms with E-state index < -0.39 is 31.0 Å². The fourth-order valence-corrected chi connectivity index (χ4v) is 1.18. The van der Waals surface area contributed by atoms with Crippen LogP contribution in [0.25, 0.3) is 0 Å². The lowest BCUT2D eigenvalue weighted by molar-refractivity contribution is -0.132. The van der Waals surface area contributed by atoms with E-state index in [9.17, 15) is 22.8 Å². The van der Waals surface area contributed by atoms with E-state index in [0.29, 0.717) is 0 Å². The van der Waals surface area contributed by atoms with Crippen molar-refractivity contribution in [2.45, 2.75) is 12.6 Å². The van der Waals surface area contributed by atoms with Crippen LogP contribution in [0.2, 0.25) is 0 Å². The van der Waals surface area contributed by atoms with Crippen LogP contribution in [-0.4, -0.2) is 29.7 Å². The zero-order valence-electron chi connectivity index (χ0n) is 9.12. The predicted molar refractivity (Wildman–Crippen MR) is 56.4 cm³/mol. The molecule has 1 amide bonds. The van der Waals surface area contributed by atoms with Crippen LogP contribution in [0.15, 0.2) is 24.3 Å². The highest BCUT2D eigenvalue weighted by Crippen LogP contribution is 2.18. The highest BCUT2D eigenvalue weighted by molar-refractivity contribution is 5.95. The molecule has 4 nitrogen and oxygen atoms in total. The molecule has 0 aliphatic carbocycles. The van der Waals surface area contributed by atoms with Crippen LogP contribution in [0.4, 0.5) is 13.2 Å². The molecule has 0 unspecified atom stereocenters. The first-order valence-corrected chi connectivity index (χ1v) is 4.98.